The van der Waals surface area contributed by atoms with Gasteiger partial charge in [0.15, 0.2) is 5.13 Å². The monoisotopic (exact) mass is 349 g/mol. The predicted octanol–water partition coefficient (Wildman–Crippen LogP) is 3.66. The summed E-state index contributed by atoms with van der Waals surface area (Å²) in [5, 5.41) is 3.16. The number of hydrogen-bond donors (Lipinski definition) is 1. The van der Waals surface area contributed by atoms with Crippen LogP contribution in [0.2, 0.25) is 0 Å². The van der Waals surface area contributed by atoms with Gasteiger partial charge in [-0.1, -0.05) is 23.5 Å². The first-order chi connectivity index (χ1) is 11.2. The Morgan fingerprint density at radius 1 is 1.29 bits per heavy atom. The quantitative estimate of drug-likeness (QED) is 0.914. The van der Waals surface area contributed by atoms with Crippen molar-refractivity contribution in [2.75, 3.05) is 19.4 Å². The molecule has 1 aromatic heterocycles. The molecule has 2 rings (SSSR count). The summed E-state index contributed by atoms with van der Waals surface area (Å²) >= 11 is 1.39. The predicted molar refractivity (Wildman–Crippen MR) is 96.5 cm³/mol. The van der Waals surface area contributed by atoms with Crippen LogP contribution in [0.15, 0.2) is 18.2 Å². The molecule has 0 aliphatic carbocycles. The van der Waals surface area contributed by atoms with E-state index < -0.39 is 11.7 Å². The Morgan fingerprint density at radius 3 is 2.62 bits per heavy atom. The van der Waals surface area contributed by atoms with Crippen molar-refractivity contribution >= 4 is 38.7 Å². The van der Waals surface area contributed by atoms with Crippen molar-refractivity contribution < 1.29 is 14.3 Å². The molecule has 0 bridgehead atoms. The number of nitrogens with one attached hydrogen (secondary N) is 1. The van der Waals surface area contributed by atoms with Crippen LogP contribution in [0.3, 0.4) is 0 Å². The molecule has 1 aromatic carbocycles. The molecule has 130 valence electrons. The number of carbonyl (C=O) groups is 2. The van der Waals surface area contributed by atoms with Gasteiger partial charge < -0.3 is 9.64 Å². The van der Waals surface area contributed by atoms with E-state index in [-0.39, 0.29) is 5.91 Å². The van der Waals surface area contributed by atoms with E-state index in [4.69, 9.17) is 4.74 Å². The van der Waals surface area contributed by atoms with Crippen molar-refractivity contribution in [2.24, 2.45) is 0 Å². The van der Waals surface area contributed by atoms with Gasteiger partial charge in [-0.3, -0.25) is 10.1 Å². The zero-order valence-corrected chi connectivity index (χ0v) is 15.5. The third-order valence-electron chi connectivity index (χ3n) is 3.22. The minimum Gasteiger partial charge on any atom is -0.444 e. The topological polar surface area (TPSA) is 71.5 Å². The van der Waals surface area contributed by atoms with Gasteiger partial charge >= 0.3 is 6.09 Å². The summed E-state index contributed by atoms with van der Waals surface area (Å²) in [7, 11) is 3.49. The van der Waals surface area contributed by atoms with Crippen LogP contribution < -0.4 is 5.32 Å². The number of benzene rings is 1. The molecule has 1 heterocycles. The first-order valence-corrected chi connectivity index (χ1v) is 8.56. The molecule has 0 saturated heterocycles. The average molecular weight is 349 g/mol. The summed E-state index contributed by atoms with van der Waals surface area (Å²) < 4.78 is 6.21. The maximum atomic E-state index is 11.9. The lowest BCUT2D eigenvalue weighted by Crippen LogP contribution is -2.27. The van der Waals surface area contributed by atoms with Gasteiger partial charge in [0, 0.05) is 20.5 Å². The van der Waals surface area contributed by atoms with E-state index in [1.54, 1.807) is 19.0 Å². The number of aromatic nitrogens is 1. The number of nitrogens with zero attached hydrogens (tertiary/aromatic N) is 2. The van der Waals surface area contributed by atoms with Gasteiger partial charge in [0.25, 0.3) is 0 Å². The maximum absolute atomic E-state index is 11.9. The van der Waals surface area contributed by atoms with Crippen LogP contribution in [-0.2, 0) is 16.0 Å². The fraction of sp³-hybridized carbons (Fsp3) is 0.471. The van der Waals surface area contributed by atoms with Crippen LogP contribution in [-0.4, -0.2) is 41.6 Å². The summed E-state index contributed by atoms with van der Waals surface area (Å²) in [5.41, 5.74) is 1.26. The van der Waals surface area contributed by atoms with Crippen LogP contribution in [0.4, 0.5) is 9.93 Å². The van der Waals surface area contributed by atoms with Gasteiger partial charge in [0.1, 0.15) is 5.60 Å². The van der Waals surface area contributed by atoms with Crippen molar-refractivity contribution in [3.63, 3.8) is 0 Å². The van der Waals surface area contributed by atoms with Crippen molar-refractivity contribution in [3.8, 4) is 0 Å². The smallest absolute Gasteiger partial charge is 0.413 e. The molecule has 0 aliphatic heterocycles. The van der Waals surface area contributed by atoms with Crippen molar-refractivity contribution in [3.05, 3.63) is 23.8 Å². The van der Waals surface area contributed by atoms with Crippen LogP contribution in [0.25, 0.3) is 10.2 Å². The molecule has 1 N–H and O–H groups in total. The largest absolute Gasteiger partial charge is 0.444 e. The van der Waals surface area contributed by atoms with Gasteiger partial charge in [0.2, 0.25) is 5.91 Å². The molecular weight excluding hydrogens is 326 g/mol. The highest BCUT2D eigenvalue weighted by molar-refractivity contribution is 7.22. The van der Waals surface area contributed by atoms with Crippen LogP contribution >= 0.6 is 11.3 Å². The highest BCUT2D eigenvalue weighted by atomic mass is 32.1. The lowest BCUT2D eigenvalue weighted by molar-refractivity contribution is -0.128. The number of amides is 2. The number of para-hydroxylation sites is 1. The SMILES string of the molecule is CN(C)C(=O)CCc1cccc2sc(NC(=O)OC(C)(C)C)nc12. The first-order valence-electron chi connectivity index (χ1n) is 7.74. The number of thiazole rings is 1. The van der Waals surface area contributed by atoms with Gasteiger partial charge in [-0.25, -0.2) is 9.78 Å². The standard InChI is InChI=1S/C17H23N3O3S/c1-17(2,3)23-16(22)19-15-18-14-11(7-6-8-12(14)24-15)9-10-13(21)20(4)5/h6-8H,9-10H2,1-5H3,(H,18,19,22). The minimum absolute atomic E-state index is 0.0781. The van der Waals surface area contributed by atoms with Gasteiger partial charge in [-0.15, -0.1) is 0 Å². The molecule has 2 aromatic rings. The molecule has 0 fully saturated rings. The lowest BCUT2D eigenvalue weighted by atomic mass is 10.1. The number of anilines is 1. The Kier molecular flexibility index (Phi) is 5.43. The molecule has 6 nitrogen and oxygen atoms in total. The highest BCUT2D eigenvalue weighted by Gasteiger charge is 2.18. The van der Waals surface area contributed by atoms with Crippen LogP contribution in [0.1, 0.15) is 32.8 Å². The fourth-order valence-corrected chi connectivity index (χ4v) is 3.02. The van der Waals surface area contributed by atoms with Gasteiger partial charge in [-0.05, 0) is 38.8 Å². The number of carbonyl (C=O) groups excluding carboxylic acids is 2. The lowest BCUT2D eigenvalue weighted by Gasteiger charge is -2.18. The molecule has 0 aliphatic rings. The van der Waals surface area contributed by atoms with E-state index >= 15 is 0 Å². The molecule has 0 spiro atoms. The van der Waals surface area contributed by atoms with E-state index in [0.29, 0.717) is 18.0 Å². The number of fused-ring (bicyclic) bond motifs is 1. The third kappa shape index (κ3) is 4.92. The second-order valence-corrected chi connectivity index (χ2v) is 7.73. The molecular formula is C17H23N3O3S. The first kappa shape index (κ1) is 18.2. The summed E-state index contributed by atoms with van der Waals surface area (Å²) in [6.45, 7) is 5.43. The molecule has 2 amide bonds. The number of hydrogen-bond acceptors (Lipinski definition) is 5. The van der Waals surface area contributed by atoms with Crippen molar-refractivity contribution in [1.29, 1.82) is 0 Å². The van der Waals surface area contributed by atoms with Crippen LogP contribution in [0.5, 0.6) is 0 Å². The Morgan fingerprint density at radius 2 is 2.00 bits per heavy atom. The van der Waals surface area contributed by atoms with E-state index in [1.807, 2.05) is 39.0 Å². The Labute approximate surface area is 145 Å². The maximum Gasteiger partial charge on any atom is 0.413 e. The van der Waals surface area contributed by atoms with E-state index in [1.165, 1.54) is 11.3 Å². The molecule has 0 saturated carbocycles. The molecule has 0 atom stereocenters. The zero-order chi connectivity index (χ0) is 17.9. The highest BCUT2D eigenvalue weighted by Crippen LogP contribution is 2.29. The number of rotatable bonds is 4. The molecule has 0 radical (unpaired) electrons. The second-order valence-electron chi connectivity index (χ2n) is 6.70. The summed E-state index contributed by atoms with van der Waals surface area (Å²) in [6.07, 6.45) is 0.522. The van der Waals surface area contributed by atoms with Crippen molar-refractivity contribution in [1.82, 2.24) is 9.88 Å². The van der Waals surface area contributed by atoms with E-state index in [9.17, 15) is 9.59 Å². The average Bonchev–Trinajstić information content (AvgIpc) is 2.84. The van der Waals surface area contributed by atoms with Gasteiger partial charge in [0.05, 0.1) is 10.2 Å². The summed E-state index contributed by atoms with van der Waals surface area (Å²) in [6, 6.07) is 5.85. The number of ether oxygens (including phenoxy) is 1. The Hall–Kier alpha value is -2.15. The number of aryl methyl sites for hydroxylation is 1. The van der Waals surface area contributed by atoms with E-state index in [2.05, 4.69) is 10.3 Å². The minimum atomic E-state index is -0.557. The fourth-order valence-electron chi connectivity index (χ4n) is 2.12. The zero-order valence-electron chi connectivity index (χ0n) is 14.7. The Bertz CT molecular complexity index is 747. The van der Waals surface area contributed by atoms with Gasteiger partial charge in [-0.2, -0.15) is 0 Å². The normalized spacial score (nSPS) is 11.4. The van der Waals surface area contributed by atoms with Crippen LogP contribution in [0, 0.1) is 0 Å². The molecule has 24 heavy (non-hydrogen) atoms. The summed E-state index contributed by atoms with van der Waals surface area (Å²) in [5.74, 6) is 0.0781. The molecule has 7 heteroatoms. The summed E-state index contributed by atoms with van der Waals surface area (Å²) in [4.78, 5) is 29.7. The second kappa shape index (κ2) is 7.17. The molecule has 0 unspecified atom stereocenters. The van der Waals surface area contributed by atoms with Crippen molar-refractivity contribution in [2.45, 2.75) is 39.2 Å². The Balaban J connectivity index is 2.14. The third-order valence-corrected chi connectivity index (χ3v) is 4.15. The van der Waals surface area contributed by atoms with E-state index in [0.717, 1.165) is 15.8 Å².